The molecule has 76 valence electrons. The van der Waals surface area contributed by atoms with E-state index < -0.39 is 0 Å². The molecule has 2 N–H and O–H groups in total. The van der Waals surface area contributed by atoms with E-state index in [-0.39, 0.29) is 0 Å². The molecule has 0 saturated carbocycles. The minimum Gasteiger partial charge on any atom is -0.387 e. The van der Waals surface area contributed by atoms with Crippen LogP contribution in [0.15, 0.2) is 35.3 Å². The Bertz CT molecular complexity index is 278. The molecule has 2 heteroatoms. The van der Waals surface area contributed by atoms with Gasteiger partial charge < -0.3 is 5.73 Å². The van der Waals surface area contributed by atoms with E-state index in [2.05, 4.69) is 29.3 Å². The normalized spacial score (nSPS) is 11.6. The molecule has 0 aliphatic heterocycles. The zero-order chi connectivity index (χ0) is 10.2. The number of benzene rings is 1. The molecular weight excluding hydrogens is 172 g/mol. The predicted molar refractivity (Wildman–Crippen MR) is 61.5 cm³/mol. The van der Waals surface area contributed by atoms with Crippen LogP contribution < -0.4 is 5.73 Å². The highest BCUT2D eigenvalue weighted by Gasteiger charge is 1.91. The first-order valence-corrected chi connectivity index (χ1v) is 5.15. The zero-order valence-corrected chi connectivity index (χ0v) is 8.74. The molecule has 0 unspecified atom stereocenters. The van der Waals surface area contributed by atoms with E-state index in [4.69, 9.17) is 5.73 Å². The van der Waals surface area contributed by atoms with Crippen molar-refractivity contribution in [3.05, 3.63) is 35.9 Å². The Morgan fingerprint density at radius 3 is 2.64 bits per heavy atom. The van der Waals surface area contributed by atoms with Crippen LogP contribution in [0, 0.1) is 0 Å². The van der Waals surface area contributed by atoms with Gasteiger partial charge in [0.25, 0.3) is 0 Å². The van der Waals surface area contributed by atoms with Crippen molar-refractivity contribution in [1.29, 1.82) is 0 Å². The topological polar surface area (TPSA) is 38.4 Å². The average Bonchev–Trinajstić information content (AvgIpc) is 2.25. The van der Waals surface area contributed by atoms with Crippen molar-refractivity contribution in [2.24, 2.45) is 10.7 Å². The van der Waals surface area contributed by atoms with Crippen molar-refractivity contribution in [2.75, 3.05) is 6.54 Å². The molecule has 0 radical (unpaired) electrons. The number of hydrogen-bond donors (Lipinski definition) is 1. The molecule has 2 nitrogen and oxygen atoms in total. The van der Waals surface area contributed by atoms with Crippen LogP contribution in [0.25, 0.3) is 0 Å². The van der Waals surface area contributed by atoms with E-state index in [0.29, 0.717) is 0 Å². The summed E-state index contributed by atoms with van der Waals surface area (Å²) in [6.07, 6.45) is 3.01. The first kappa shape index (κ1) is 10.8. The molecule has 0 aliphatic carbocycles. The van der Waals surface area contributed by atoms with Crippen LogP contribution in [-0.4, -0.2) is 12.4 Å². The van der Waals surface area contributed by atoms with Crippen molar-refractivity contribution < 1.29 is 0 Å². The molecule has 0 bridgehead atoms. The maximum atomic E-state index is 5.60. The lowest BCUT2D eigenvalue weighted by Gasteiger charge is -1.99. The standard InChI is InChI=1S/C12H18N2/c1-2-12(13)14-10-6-9-11-7-4-3-5-8-11/h3-5,7-8H,2,6,9-10H2,1H3,(H2,13,14). The summed E-state index contributed by atoms with van der Waals surface area (Å²) in [5.74, 6) is 0.762. The number of nitrogens with two attached hydrogens (primary N) is 1. The number of aryl methyl sites for hydroxylation is 1. The van der Waals surface area contributed by atoms with Gasteiger partial charge in [-0.15, -0.1) is 0 Å². The van der Waals surface area contributed by atoms with Gasteiger partial charge in [-0.3, -0.25) is 4.99 Å². The van der Waals surface area contributed by atoms with Gasteiger partial charge in [0.2, 0.25) is 0 Å². The van der Waals surface area contributed by atoms with E-state index in [0.717, 1.165) is 31.6 Å². The molecule has 0 atom stereocenters. The summed E-state index contributed by atoms with van der Waals surface area (Å²) in [4.78, 5) is 4.25. The highest BCUT2D eigenvalue weighted by atomic mass is 14.8. The summed E-state index contributed by atoms with van der Waals surface area (Å²) in [6.45, 7) is 2.87. The Labute approximate surface area is 85.9 Å². The van der Waals surface area contributed by atoms with E-state index in [1.165, 1.54) is 5.56 Å². The van der Waals surface area contributed by atoms with Crippen molar-refractivity contribution in [1.82, 2.24) is 0 Å². The summed E-state index contributed by atoms with van der Waals surface area (Å²) >= 11 is 0. The summed E-state index contributed by atoms with van der Waals surface area (Å²) in [6, 6.07) is 10.5. The van der Waals surface area contributed by atoms with Crippen LogP contribution in [-0.2, 0) is 6.42 Å². The smallest absolute Gasteiger partial charge is 0.0934 e. The van der Waals surface area contributed by atoms with E-state index in [1.807, 2.05) is 13.0 Å². The zero-order valence-electron chi connectivity index (χ0n) is 8.74. The second-order valence-corrected chi connectivity index (χ2v) is 3.32. The largest absolute Gasteiger partial charge is 0.387 e. The molecule has 0 aliphatic rings. The van der Waals surface area contributed by atoms with Crippen LogP contribution in [0.5, 0.6) is 0 Å². The third-order valence-corrected chi connectivity index (χ3v) is 2.14. The fourth-order valence-electron chi connectivity index (χ4n) is 1.26. The molecule has 0 aromatic heterocycles. The van der Waals surface area contributed by atoms with Crippen LogP contribution >= 0.6 is 0 Å². The minimum atomic E-state index is 0.762. The van der Waals surface area contributed by atoms with Gasteiger partial charge in [0.15, 0.2) is 0 Å². The maximum Gasteiger partial charge on any atom is 0.0934 e. The van der Waals surface area contributed by atoms with Gasteiger partial charge in [0.05, 0.1) is 5.84 Å². The van der Waals surface area contributed by atoms with Crippen LogP contribution in [0.3, 0.4) is 0 Å². The second-order valence-electron chi connectivity index (χ2n) is 3.32. The fourth-order valence-corrected chi connectivity index (χ4v) is 1.26. The van der Waals surface area contributed by atoms with Gasteiger partial charge in [-0.1, -0.05) is 37.3 Å². The SMILES string of the molecule is CCC(N)=NCCCc1ccccc1. The van der Waals surface area contributed by atoms with Gasteiger partial charge >= 0.3 is 0 Å². The molecule has 0 amide bonds. The summed E-state index contributed by atoms with van der Waals surface area (Å²) in [5, 5.41) is 0. The quantitative estimate of drug-likeness (QED) is 0.432. The molecule has 1 aromatic rings. The molecule has 0 spiro atoms. The summed E-state index contributed by atoms with van der Waals surface area (Å²) < 4.78 is 0. The van der Waals surface area contributed by atoms with Gasteiger partial charge in [-0.05, 0) is 18.4 Å². The Kier molecular flexibility index (Phi) is 4.76. The number of aliphatic imine (C=N–C) groups is 1. The van der Waals surface area contributed by atoms with Gasteiger partial charge in [0.1, 0.15) is 0 Å². The van der Waals surface area contributed by atoms with Crippen molar-refractivity contribution in [3.8, 4) is 0 Å². The second kappa shape index (κ2) is 6.19. The molecular formula is C12H18N2. The first-order valence-electron chi connectivity index (χ1n) is 5.15. The third kappa shape index (κ3) is 4.08. The van der Waals surface area contributed by atoms with Gasteiger partial charge in [-0.25, -0.2) is 0 Å². The lowest BCUT2D eigenvalue weighted by atomic mass is 10.1. The summed E-state index contributed by atoms with van der Waals surface area (Å²) in [7, 11) is 0. The molecule has 0 saturated heterocycles. The van der Waals surface area contributed by atoms with E-state index >= 15 is 0 Å². The Balaban J connectivity index is 2.23. The van der Waals surface area contributed by atoms with Crippen LogP contribution in [0.4, 0.5) is 0 Å². The highest BCUT2D eigenvalue weighted by molar-refractivity contribution is 5.79. The number of hydrogen-bond acceptors (Lipinski definition) is 1. The predicted octanol–water partition coefficient (Wildman–Crippen LogP) is 2.39. The Hall–Kier alpha value is -1.31. The maximum absolute atomic E-state index is 5.60. The van der Waals surface area contributed by atoms with Crippen molar-refractivity contribution >= 4 is 5.84 Å². The van der Waals surface area contributed by atoms with Gasteiger partial charge in [0, 0.05) is 13.0 Å². The van der Waals surface area contributed by atoms with E-state index in [1.54, 1.807) is 0 Å². The average molecular weight is 190 g/mol. The Morgan fingerprint density at radius 1 is 1.29 bits per heavy atom. The van der Waals surface area contributed by atoms with Crippen LogP contribution in [0.1, 0.15) is 25.3 Å². The first-order chi connectivity index (χ1) is 6.83. The van der Waals surface area contributed by atoms with Crippen molar-refractivity contribution in [3.63, 3.8) is 0 Å². The van der Waals surface area contributed by atoms with E-state index in [9.17, 15) is 0 Å². The monoisotopic (exact) mass is 190 g/mol. The fraction of sp³-hybridized carbons (Fsp3) is 0.417. The van der Waals surface area contributed by atoms with Crippen molar-refractivity contribution in [2.45, 2.75) is 26.2 Å². The molecule has 0 fully saturated rings. The minimum absolute atomic E-state index is 0.762. The highest BCUT2D eigenvalue weighted by Crippen LogP contribution is 2.02. The Morgan fingerprint density at radius 2 is 2.00 bits per heavy atom. The molecule has 14 heavy (non-hydrogen) atoms. The van der Waals surface area contributed by atoms with Gasteiger partial charge in [-0.2, -0.15) is 0 Å². The van der Waals surface area contributed by atoms with Crippen LogP contribution in [0.2, 0.25) is 0 Å². The number of amidine groups is 1. The molecule has 0 heterocycles. The third-order valence-electron chi connectivity index (χ3n) is 2.14. The number of nitrogens with zero attached hydrogens (tertiary/aromatic N) is 1. The summed E-state index contributed by atoms with van der Waals surface area (Å²) in [5.41, 5.74) is 6.98. The lowest BCUT2D eigenvalue weighted by Crippen LogP contribution is -2.10. The molecule has 1 rings (SSSR count). The number of rotatable bonds is 5. The molecule has 1 aromatic carbocycles. The lowest BCUT2D eigenvalue weighted by molar-refractivity contribution is 0.829.